The molecule has 90 valence electrons. The number of amides is 1. The lowest BCUT2D eigenvalue weighted by atomic mass is 9.68. The summed E-state index contributed by atoms with van der Waals surface area (Å²) in [5.41, 5.74) is -0.441. The molecule has 1 amide bonds. The second kappa shape index (κ2) is 3.75. The topological polar surface area (TPSA) is 46.6 Å². The SMILES string of the molecule is CC(C)(C)OC(=O)N1CCC2C(=O)CC2C1. The molecular weight excluding hydrogens is 206 g/mol. The van der Waals surface area contributed by atoms with Gasteiger partial charge < -0.3 is 9.64 Å². The molecule has 0 spiro atoms. The number of nitrogens with zero attached hydrogens (tertiary/aromatic N) is 1. The van der Waals surface area contributed by atoms with Crippen molar-refractivity contribution in [2.75, 3.05) is 13.1 Å². The fourth-order valence-corrected chi connectivity index (χ4v) is 2.40. The Morgan fingerprint density at radius 1 is 1.44 bits per heavy atom. The molecule has 2 rings (SSSR count). The fraction of sp³-hybridized carbons (Fsp3) is 0.833. The summed E-state index contributed by atoms with van der Waals surface area (Å²) in [7, 11) is 0. The molecule has 2 unspecified atom stereocenters. The van der Waals surface area contributed by atoms with Crippen molar-refractivity contribution in [1.82, 2.24) is 4.90 Å². The van der Waals surface area contributed by atoms with Crippen LogP contribution in [-0.2, 0) is 9.53 Å². The Hall–Kier alpha value is -1.06. The Morgan fingerprint density at radius 2 is 2.12 bits per heavy atom. The first-order valence-electron chi connectivity index (χ1n) is 5.87. The van der Waals surface area contributed by atoms with Gasteiger partial charge in [-0.15, -0.1) is 0 Å². The number of hydrogen-bond acceptors (Lipinski definition) is 3. The Labute approximate surface area is 95.9 Å². The smallest absolute Gasteiger partial charge is 0.410 e. The van der Waals surface area contributed by atoms with E-state index in [0.29, 0.717) is 31.2 Å². The Balaban J connectivity index is 1.88. The lowest BCUT2D eigenvalue weighted by molar-refractivity contribution is -0.138. The van der Waals surface area contributed by atoms with Gasteiger partial charge in [-0.2, -0.15) is 0 Å². The third-order valence-electron chi connectivity index (χ3n) is 3.26. The number of hydrogen-bond donors (Lipinski definition) is 0. The predicted molar refractivity (Wildman–Crippen MR) is 59.0 cm³/mol. The third kappa shape index (κ3) is 2.20. The Kier molecular flexibility index (Phi) is 2.68. The number of carbonyl (C=O) groups excluding carboxylic acids is 2. The summed E-state index contributed by atoms with van der Waals surface area (Å²) < 4.78 is 5.31. The van der Waals surface area contributed by atoms with Crippen LogP contribution in [0.2, 0.25) is 0 Å². The van der Waals surface area contributed by atoms with Crippen LogP contribution in [0.25, 0.3) is 0 Å². The molecule has 1 heterocycles. The summed E-state index contributed by atoms with van der Waals surface area (Å²) in [5, 5.41) is 0. The molecule has 0 radical (unpaired) electrons. The van der Waals surface area contributed by atoms with E-state index < -0.39 is 5.60 Å². The van der Waals surface area contributed by atoms with Gasteiger partial charge in [0.2, 0.25) is 0 Å². The van der Waals surface area contributed by atoms with E-state index in [-0.39, 0.29) is 12.0 Å². The normalized spacial score (nSPS) is 29.4. The number of ketones is 1. The molecule has 1 aliphatic carbocycles. The summed E-state index contributed by atoms with van der Waals surface area (Å²) in [6.45, 7) is 6.94. The minimum Gasteiger partial charge on any atom is -0.444 e. The number of piperidine rings is 1. The van der Waals surface area contributed by atoms with Crippen LogP contribution in [0, 0.1) is 11.8 Å². The Bertz CT molecular complexity index is 319. The number of carbonyl (C=O) groups is 2. The molecule has 1 aliphatic heterocycles. The number of Topliss-reactive ketones (excluding diaryl/α,β-unsaturated/α-hetero) is 1. The van der Waals surface area contributed by atoms with Gasteiger partial charge in [0.1, 0.15) is 11.4 Å². The number of rotatable bonds is 0. The summed E-state index contributed by atoms with van der Waals surface area (Å²) in [4.78, 5) is 24.8. The van der Waals surface area contributed by atoms with Gasteiger partial charge in [-0.3, -0.25) is 4.79 Å². The van der Waals surface area contributed by atoms with Crippen molar-refractivity contribution in [3.8, 4) is 0 Å². The van der Waals surface area contributed by atoms with Gasteiger partial charge in [0.15, 0.2) is 0 Å². The van der Waals surface area contributed by atoms with Crippen LogP contribution in [0.1, 0.15) is 33.6 Å². The molecule has 1 saturated heterocycles. The highest BCUT2D eigenvalue weighted by molar-refractivity contribution is 5.88. The zero-order chi connectivity index (χ0) is 11.9. The zero-order valence-corrected chi connectivity index (χ0v) is 10.2. The van der Waals surface area contributed by atoms with Crippen molar-refractivity contribution < 1.29 is 14.3 Å². The van der Waals surface area contributed by atoms with Crippen molar-refractivity contribution >= 4 is 11.9 Å². The molecule has 4 heteroatoms. The summed E-state index contributed by atoms with van der Waals surface area (Å²) in [6, 6.07) is 0. The van der Waals surface area contributed by atoms with E-state index in [4.69, 9.17) is 4.74 Å². The molecule has 2 aliphatic rings. The van der Waals surface area contributed by atoms with Crippen LogP contribution in [0.4, 0.5) is 4.79 Å². The van der Waals surface area contributed by atoms with E-state index in [0.717, 1.165) is 6.42 Å². The maximum Gasteiger partial charge on any atom is 0.410 e. The molecule has 0 aromatic carbocycles. The number of fused-ring (bicyclic) bond motifs is 1. The number of likely N-dealkylation sites (tertiary alicyclic amines) is 1. The van der Waals surface area contributed by atoms with Gasteiger partial charge >= 0.3 is 6.09 Å². The first kappa shape index (κ1) is 11.4. The highest BCUT2D eigenvalue weighted by Crippen LogP contribution is 2.37. The maximum absolute atomic E-state index is 11.8. The summed E-state index contributed by atoms with van der Waals surface area (Å²) in [5.74, 6) is 0.973. The molecule has 16 heavy (non-hydrogen) atoms. The van der Waals surface area contributed by atoms with Crippen LogP contribution in [0.15, 0.2) is 0 Å². The molecular formula is C12H19NO3. The average Bonchev–Trinajstić information content (AvgIpc) is 2.12. The van der Waals surface area contributed by atoms with Gasteiger partial charge in [0.25, 0.3) is 0 Å². The van der Waals surface area contributed by atoms with E-state index in [1.165, 1.54) is 0 Å². The van der Waals surface area contributed by atoms with E-state index in [2.05, 4.69) is 0 Å². The lowest BCUT2D eigenvalue weighted by Gasteiger charge is -2.43. The second-order valence-corrected chi connectivity index (χ2v) is 5.75. The first-order chi connectivity index (χ1) is 7.37. The maximum atomic E-state index is 11.8. The van der Waals surface area contributed by atoms with E-state index in [1.807, 2.05) is 20.8 Å². The first-order valence-corrected chi connectivity index (χ1v) is 5.87. The molecule has 0 bridgehead atoms. The molecule has 0 N–H and O–H groups in total. The van der Waals surface area contributed by atoms with Crippen molar-refractivity contribution in [3.05, 3.63) is 0 Å². The Morgan fingerprint density at radius 3 is 2.62 bits per heavy atom. The largest absolute Gasteiger partial charge is 0.444 e. The van der Waals surface area contributed by atoms with Crippen LogP contribution in [0.5, 0.6) is 0 Å². The minimum atomic E-state index is -0.441. The standard InChI is InChI=1S/C12H19NO3/c1-12(2,3)16-11(15)13-5-4-9-8(7-13)6-10(9)14/h8-9H,4-7H2,1-3H3. The zero-order valence-electron chi connectivity index (χ0n) is 10.2. The minimum absolute atomic E-state index is 0.221. The second-order valence-electron chi connectivity index (χ2n) is 5.75. The van der Waals surface area contributed by atoms with E-state index in [1.54, 1.807) is 4.90 Å². The van der Waals surface area contributed by atoms with Gasteiger partial charge in [-0.05, 0) is 33.1 Å². The van der Waals surface area contributed by atoms with Gasteiger partial charge in [0.05, 0.1) is 0 Å². The highest BCUT2D eigenvalue weighted by atomic mass is 16.6. The van der Waals surface area contributed by atoms with Crippen LogP contribution >= 0.6 is 0 Å². The van der Waals surface area contributed by atoms with Crippen molar-refractivity contribution in [2.45, 2.75) is 39.2 Å². The van der Waals surface area contributed by atoms with Crippen molar-refractivity contribution in [2.24, 2.45) is 11.8 Å². The predicted octanol–water partition coefficient (Wildman–Crippen LogP) is 1.83. The van der Waals surface area contributed by atoms with Crippen molar-refractivity contribution in [3.63, 3.8) is 0 Å². The quantitative estimate of drug-likeness (QED) is 0.632. The molecule has 4 nitrogen and oxygen atoms in total. The monoisotopic (exact) mass is 225 g/mol. The van der Waals surface area contributed by atoms with Crippen LogP contribution < -0.4 is 0 Å². The lowest BCUT2D eigenvalue weighted by Crippen LogP contribution is -2.53. The van der Waals surface area contributed by atoms with Gasteiger partial charge in [-0.25, -0.2) is 4.79 Å². The van der Waals surface area contributed by atoms with Crippen LogP contribution in [-0.4, -0.2) is 35.5 Å². The third-order valence-corrected chi connectivity index (χ3v) is 3.26. The van der Waals surface area contributed by atoms with Crippen molar-refractivity contribution in [1.29, 1.82) is 0 Å². The van der Waals surface area contributed by atoms with E-state index >= 15 is 0 Å². The molecule has 2 atom stereocenters. The van der Waals surface area contributed by atoms with E-state index in [9.17, 15) is 9.59 Å². The molecule has 1 saturated carbocycles. The summed E-state index contributed by atoms with van der Waals surface area (Å²) in [6.07, 6.45) is 1.21. The highest BCUT2D eigenvalue weighted by Gasteiger charge is 2.44. The summed E-state index contributed by atoms with van der Waals surface area (Å²) >= 11 is 0. The molecule has 2 fully saturated rings. The number of ether oxygens (including phenoxy) is 1. The molecule has 0 aromatic rings. The van der Waals surface area contributed by atoms with Crippen LogP contribution in [0.3, 0.4) is 0 Å². The molecule has 0 aromatic heterocycles. The average molecular weight is 225 g/mol. The fourth-order valence-electron chi connectivity index (χ4n) is 2.40. The van der Waals surface area contributed by atoms with Gasteiger partial charge in [-0.1, -0.05) is 0 Å². The van der Waals surface area contributed by atoms with Gasteiger partial charge in [0, 0.05) is 25.4 Å².